The van der Waals surface area contributed by atoms with Gasteiger partial charge in [-0.2, -0.15) is 0 Å². The van der Waals surface area contributed by atoms with Crippen LogP contribution in [0.1, 0.15) is 55.8 Å². The summed E-state index contributed by atoms with van der Waals surface area (Å²) in [6.45, 7) is 4.60. The van der Waals surface area contributed by atoms with Crippen LogP contribution < -0.4 is 10.6 Å². The molecule has 1 fully saturated rings. The van der Waals surface area contributed by atoms with E-state index in [1.54, 1.807) is 7.05 Å². The summed E-state index contributed by atoms with van der Waals surface area (Å²) in [4.78, 5) is 15.4. The Labute approximate surface area is 192 Å². The molecule has 2 rings (SSSR count). The average molecular weight is 517 g/mol. The minimum atomic E-state index is -0.136. The summed E-state index contributed by atoms with van der Waals surface area (Å²) >= 11 is 0. The first-order valence-corrected chi connectivity index (χ1v) is 10.3. The molecule has 0 radical (unpaired) electrons. The van der Waals surface area contributed by atoms with Gasteiger partial charge in [-0.3, -0.25) is 9.79 Å². The summed E-state index contributed by atoms with van der Waals surface area (Å²) in [5, 5.41) is 6.81. The van der Waals surface area contributed by atoms with Crippen LogP contribution in [0.3, 0.4) is 0 Å². The minimum absolute atomic E-state index is 0. The Morgan fingerprint density at radius 1 is 1.21 bits per heavy atom. The molecule has 164 valence electrons. The Morgan fingerprint density at radius 2 is 1.97 bits per heavy atom. The van der Waals surface area contributed by atoms with Crippen molar-refractivity contribution in [2.45, 2.75) is 51.6 Å². The van der Waals surface area contributed by atoms with Gasteiger partial charge in [0.25, 0.3) is 0 Å². The zero-order valence-electron chi connectivity index (χ0n) is 17.9. The van der Waals surface area contributed by atoms with Crippen LogP contribution in [0.25, 0.3) is 0 Å². The number of ether oxygens (including phenoxy) is 2. The molecule has 1 heterocycles. The number of methoxy groups -OCH3 is 1. The van der Waals surface area contributed by atoms with Crippen molar-refractivity contribution >= 4 is 35.9 Å². The monoisotopic (exact) mass is 517 g/mol. The van der Waals surface area contributed by atoms with E-state index < -0.39 is 0 Å². The number of nitrogens with zero attached hydrogens (tertiary/aromatic N) is 1. The third-order valence-corrected chi connectivity index (χ3v) is 5.18. The quantitative estimate of drug-likeness (QED) is 0.171. The largest absolute Gasteiger partial charge is 0.469 e. The molecule has 0 aromatic heterocycles. The topological polar surface area (TPSA) is 72.0 Å². The second kappa shape index (κ2) is 14.6. The maximum Gasteiger partial charge on any atom is 0.305 e. The minimum Gasteiger partial charge on any atom is -0.469 e. The lowest BCUT2D eigenvalue weighted by Crippen LogP contribution is -2.42. The zero-order chi connectivity index (χ0) is 20.2. The van der Waals surface area contributed by atoms with Crippen LogP contribution in [0.2, 0.25) is 0 Å². The van der Waals surface area contributed by atoms with Crippen LogP contribution >= 0.6 is 24.0 Å². The number of nitrogens with one attached hydrogen (secondary N) is 2. The van der Waals surface area contributed by atoms with Gasteiger partial charge in [-0.05, 0) is 38.2 Å². The van der Waals surface area contributed by atoms with Gasteiger partial charge in [-0.1, -0.05) is 36.2 Å². The van der Waals surface area contributed by atoms with Gasteiger partial charge in [-0.25, -0.2) is 0 Å². The summed E-state index contributed by atoms with van der Waals surface area (Å²) in [7, 11) is 3.22. The van der Waals surface area contributed by atoms with Gasteiger partial charge in [0.15, 0.2) is 5.96 Å². The number of unbranched alkanes of at least 4 members (excludes halogenated alkanes) is 2. The summed E-state index contributed by atoms with van der Waals surface area (Å²) in [5.41, 5.74) is 2.52. The number of benzene rings is 1. The molecule has 0 spiro atoms. The van der Waals surface area contributed by atoms with Crippen molar-refractivity contribution in [1.82, 2.24) is 10.6 Å². The van der Waals surface area contributed by atoms with Crippen LogP contribution in [0, 0.1) is 12.8 Å². The van der Waals surface area contributed by atoms with Gasteiger partial charge in [0, 0.05) is 39.1 Å². The Hall–Kier alpha value is -1.35. The fourth-order valence-corrected chi connectivity index (χ4v) is 3.51. The molecule has 29 heavy (non-hydrogen) atoms. The first-order valence-electron chi connectivity index (χ1n) is 10.3. The van der Waals surface area contributed by atoms with E-state index in [4.69, 9.17) is 4.74 Å². The second-order valence-corrected chi connectivity index (χ2v) is 7.37. The highest BCUT2D eigenvalue weighted by Gasteiger charge is 2.27. The van der Waals surface area contributed by atoms with Crippen LogP contribution in [0.4, 0.5) is 0 Å². The third-order valence-electron chi connectivity index (χ3n) is 5.18. The van der Waals surface area contributed by atoms with Crippen LogP contribution in [-0.4, -0.2) is 45.8 Å². The third kappa shape index (κ3) is 9.33. The summed E-state index contributed by atoms with van der Waals surface area (Å²) < 4.78 is 10.8. The maximum absolute atomic E-state index is 11.1. The number of carbonyl (C=O) groups excluding carboxylic acids is 1. The molecule has 0 aliphatic carbocycles. The molecule has 1 saturated heterocycles. The predicted molar refractivity (Wildman–Crippen MR) is 128 cm³/mol. The van der Waals surface area contributed by atoms with E-state index in [-0.39, 0.29) is 36.0 Å². The Bertz CT molecular complexity index is 622. The van der Waals surface area contributed by atoms with Gasteiger partial charge < -0.3 is 20.1 Å². The molecule has 7 heteroatoms. The predicted octanol–water partition coefficient (Wildman–Crippen LogP) is 3.98. The molecule has 6 nitrogen and oxygen atoms in total. The lowest BCUT2D eigenvalue weighted by Gasteiger charge is -2.32. The summed E-state index contributed by atoms with van der Waals surface area (Å²) in [6.07, 6.45) is 5.72. The molecule has 1 aromatic carbocycles. The highest BCUT2D eigenvalue weighted by Crippen LogP contribution is 2.33. The van der Waals surface area contributed by atoms with E-state index in [0.29, 0.717) is 12.3 Å². The van der Waals surface area contributed by atoms with Gasteiger partial charge in [0.05, 0.1) is 13.2 Å². The first kappa shape index (κ1) is 25.7. The zero-order valence-corrected chi connectivity index (χ0v) is 20.2. The summed E-state index contributed by atoms with van der Waals surface area (Å²) in [5.74, 6) is 1.11. The number of esters is 1. The van der Waals surface area contributed by atoms with E-state index in [9.17, 15) is 4.79 Å². The van der Waals surface area contributed by atoms with E-state index in [2.05, 4.69) is 51.6 Å². The van der Waals surface area contributed by atoms with Crippen LogP contribution in [0.15, 0.2) is 29.3 Å². The molecule has 2 atom stereocenters. The average Bonchev–Trinajstić information content (AvgIpc) is 2.73. The maximum atomic E-state index is 11.1. The number of guanidine groups is 1. The van der Waals surface area contributed by atoms with Gasteiger partial charge in [-0.15, -0.1) is 24.0 Å². The Morgan fingerprint density at radius 3 is 2.66 bits per heavy atom. The molecular formula is C22H36IN3O3. The van der Waals surface area contributed by atoms with Crippen molar-refractivity contribution in [3.05, 3.63) is 35.4 Å². The molecule has 1 aliphatic rings. The van der Waals surface area contributed by atoms with E-state index in [0.717, 1.165) is 57.8 Å². The van der Waals surface area contributed by atoms with Gasteiger partial charge >= 0.3 is 5.97 Å². The molecule has 2 unspecified atom stereocenters. The van der Waals surface area contributed by atoms with Crippen molar-refractivity contribution < 1.29 is 14.3 Å². The van der Waals surface area contributed by atoms with Crippen molar-refractivity contribution in [1.29, 1.82) is 0 Å². The van der Waals surface area contributed by atoms with E-state index in [1.807, 2.05) is 0 Å². The Kier molecular flexibility index (Phi) is 12.9. The van der Waals surface area contributed by atoms with Gasteiger partial charge in [0.1, 0.15) is 0 Å². The van der Waals surface area contributed by atoms with Crippen molar-refractivity contribution in [3.63, 3.8) is 0 Å². The number of rotatable bonds is 9. The number of carbonyl (C=O) groups is 1. The molecule has 0 amide bonds. The second-order valence-electron chi connectivity index (χ2n) is 7.37. The van der Waals surface area contributed by atoms with Crippen LogP contribution in [0.5, 0.6) is 0 Å². The molecule has 2 N–H and O–H groups in total. The standard InChI is InChI=1S/C22H35N3O3.HI/c1-17-10-12-18(13-11-17)21-19(8-7-15-28-21)16-25-22(23-2)24-14-6-4-5-9-20(26)27-3;/h10-13,19,21H,4-9,14-16H2,1-3H3,(H2,23,24,25);1H. The lowest BCUT2D eigenvalue weighted by atomic mass is 9.89. The smallest absolute Gasteiger partial charge is 0.305 e. The van der Waals surface area contributed by atoms with Crippen molar-refractivity contribution in [2.24, 2.45) is 10.9 Å². The molecule has 1 aliphatic heterocycles. The normalized spacial score (nSPS) is 19.2. The fourth-order valence-electron chi connectivity index (χ4n) is 3.51. The number of hydrogen-bond donors (Lipinski definition) is 2. The van der Waals surface area contributed by atoms with Gasteiger partial charge in [0.2, 0.25) is 0 Å². The highest BCUT2D eigenvalue weighted by atomic mass is 127. The number of aliphatic imine (C=N–C) groups is 1. The van der Waals surface area contributed by atoms with Crippen molar-refractivity contribution in [3.8, 4) is 0 Å². The molecule has 0 saturated carbocycles. The fraction of sp³-hybridized carbons (Fsp3) is 0.636. The summed E-state index contributed by atoms with van der Waals surface area (Å²) in [6, 6.07) is 8.66. The first-order chi connectivity index (χ1) is 13.6. The van der Waals surface area contributed by atoms with E-state index >= 15 is 0 Å². The Balaban J connectivity index is 0.00000420. The number of halogens is 1. The van der Waals surface area contributed by atoms with Crippen LogP contribution in [-0.2, 0) is 14.3 Å². The molecular weight excluding hydrogens is 481 g/mol. The molecule has 0 bridgehead atoms. The number of hydrogen-bond acceptors (Lipinski definition) is 4. The highest BCUT2D eigenvalue weighted by molar-refractivity contribution is 14.0. The molecule has 1 aromatic rings. The van der Waals surface area contributed by atoms with Crippen molar-refractivity contribution in [2.75, 3.05) is 33.9 Å². The lowest BCUT2D eigenvalue weighted by molar-refractivity contribution is -0.140. The SMILES string of the molecule is CN=C(NCCCCCC(=O)OC)NCC1CCCOC1c1ccc(C)cc1.I. The number of aryl methyl sites for hydroxylation is 1. The van der Waals surface area contributed by atoms with E-state index in [1.165, 1.54) is 18.2 Å².